The molecule has 2 N–H and O–H groups in total. The van der Waals surface area contributed by atoms with E-state index < -0.39 is 21.7 Å². The zero-order valence-electron chi connectivity index (χ0n) is 14.8. The number of hydrogen-bond donors (Lipinski definition) is 2. The topological polar surface area (TPSA) is 92.7 Å². The Morgan fingerprint density at radius 1 is 0.966 bits per heavy atom. The maximum absolute atomic E-state index is 13.9. The Kier molecular flexibility index (Phi) is 4.85. The van der Waals surface area contributed by atoms with Gasteiger partial charge in [-0.1, -0.05) is 18.2 Å². The van der Waals surface area contributed by atoms with Gasteiger partial charge in [0, 0.05) is 6.20 Å². The van der Waals surface area contributed by atoms with Gasteiger partial charge >= 0.3 is 0 Å². The molecular formula is C19H14F2N4O3S. The molecule has 0 bridgehead atoms. The maximum atomic E-state index is 13.9. The molecule has 0 saturated carbocycles. The van der Waals surface area contributed by atoms with E-state index in [1.54, 1.807) is 6.07 Å². The number of anilines is 1. The van der Waals surface area contributed by atoms with Crippen molar-refractivity contribution < 1.29 is 21.9 Å². The van der Waals surface area contributed by atoms with E-state index in [1.807, 2.05) is 0 Å². The van der Waals surface area contributed by atoms with Crippen molar-refractivity contribution in [3.05, 3.63) is 78.1 Å². The first-order valence-electron chi connectivity index (χ1n) is 8.43. The van der Waals surface area contributed by atoms with Crippen LogP contribution in [0.4, 0.5) is 14.5 Å². The Morgan fingerprint density at radius 3 is 2.52 bits per heavy atom. The first kappa shape index (κ1) is 18.8. The first-order valence-corrected chi connectivity index (χ1v) is 9.91. The molecule has 1 aliphatic rings. The van der Waals surface area contributed by atoms with E-state index in [4.69, 9.17) is 4.74 Å². The third-order valence-electron chi connectivity index (χ3n) is 4.03. The van der Waals surface area contributed by atoms with Crippen LogP contribution in [0.2, 0.25) is 0 Å². The number of aromatic nitrogens is 1. The third kappa shape index (κ3) is 3.87. The quantitative estimate of drug-likeness (QED) is 0.680. The molecule has 0 fully saturated rings. The largest absolute Gasteiger partial charge is 0.452 e. The van der Waals surface area contributed by atoms with Crippen LogP contribution < -0.4 is 14.8 Å². The number of fused-ring (bicyclic) bond motifs is 1. The molecule has 2 heterocycles. The molecule has 29 heavy (non-hydrogen) atoms. The minimum absolute atomic E-state index is 0.0580. The smallest absolute Gasteiger partial charge is 0.266 e. The van der Waals surface area contributed by atoms with E-state index in [0.717, 1.165) is 0 Å². The third-order valence-corrected chi connectivity index (χ3v) is 5.41. The highest BCUT2D eigenvalue weighted by Gasteiger charge is 2.29. The zero-order valence-corrected chi connectivity index (χ0v) is 15.6. The van der Waals surface area contributed by atoms with Crippen LogP contribution in [0.25, 0.3) is 0 Å². The van der Waals surface area contributed by atoms with Gasteiger partial charge < -0.3 is 10.1 Å². The summed E-state index contributed by atoms with van der Waals surface area (Å²) in [4.78, 5) is 7.84. The van der Waals surface area contributed by atoms with Gasteiger partial charge in [-0.3, -0.25) is 4.98 Å². The van der Waals surface area contributed by atoms with Gasteiger partial charge in [-0.15, -0.1) is 0 Å². The molecular weight excluding hydrogens is 402 g/mol. The normalized spacial score (nSPS) is 15.9. The minimum atomic E-state index is -3.96. The van der Waals surface area contributed by atoms with Crippen molar-refractivity contribution in [2.24, 2.45) is 4.99 Å². The summed E-state index contributed by atoms with van der Waals surface area (Å²) in [5, 5.41) is 2.81. The average Bonchev–Trinajstić information content (AvgIpc) is 2.69. The van der Waals surface area contributed by atoms with E-state index in [0.29, 0.717) is 0 Å². The highest BCUT2D eigenvalue weighted by atomic mass is 32.2. The van der Waals surface area contributed by atoms with Gasteiger partial charge in [-0.05, 0) is 36.4 Å². The number of aliphatic imine (C=N–C) groups is 1. The van der Waals surface area contributed by atoms with E-state index >= 15 is 0 Å². The lowest BCUT2D eigenvalue weighted by Gasteiger charge is -2.23. The van der Waals surface area contributed by atoms with Crippen LogP contribution in [0, 0.1) is 11.6 Å². The molecule has 4 rings (SSSR count). The van der Waals surface area contributed by atoms with Crippen molar-refractivity contribution >= 4 is 21.7 Å². The Balaban J connectivity index is 1.69. The predicted octanol–water partition coefficient (Wildman–Crippen LogP) is 3.41. The molecule has 0 atom stereocenters. The molecule has 3 aromatic rings. The second-order valence-electron chi connectivity index (χ2n) is 5.99. The Bertz CT molecular complexity index is 1220. The molecule has 0 aliphatic carbocycles. The number of rotatable bonds is 4. The fraction of sp³-hybridized carbons (Fsp3) is 0.0526. The molecule has 1 aliphatic heterocycles. The lowest BCUT2D eigenvalue weighted by atomic mass is 10.2. The highest BCUT2D eigenvalue weighted by Crippen LogP contribution is 2.37. The first-order chi connectivity index (χ1) is 13.9. The monoisotopic (exact) mass is 416 g/mol. The summed E-state index contributed by atoms with van der Waals surface area (Å²) in [5.74, 6) is -1.25. The van der Waals surface area contributed by atoms with Crippen molar-refractivity contribution in [2.75, 3.05) is 5.32 Å². The van der Waals surface area contributed by atoms with Gasteiger partial charge in [0.05, 0.1) is 12.2 Å². The molecule has 7 nitrogen and oxygen atoms in total. The van der Waals surface area contributed by atoms with Crippen molar-refractivity contribution in [2.45, 2.75) is 11.4 Å². The Morgan fingerprint density at radius 2 is 1.72 bits per heavy atom. The number of ether oxygens (including phenoxy) is 1. The number of hydrogen-bond acceptors (Lipinski definition) is 5. The van der Waals surface area contributed by atoms with Gasteiger partial charge in [0.1, 0.15) is 16.4 Å². The fourth-order valence-corrected chi connectivity index (χ4v) is 3.83. The number of nitrogens with one attached hydrogen (secondary N) is 2. The van der Waals surface area contributed by atoms with E-state index in [2.05, 4.69) is 20.0 Å². The van der Waals surface area contributed by atoms with Crippen LogP contribution >= 0.6 is 0 Å². The summed E-state index contributed by atoms with van der Waals surface area (Å²) < 4.78 is 60.7. The van der Waals surface area contributed by atoms with Gasteiger partial charge in [0.15, 0.2) is 17.3 Å². The van der Waals surface area contributed by atoms with E-state index in [9.17, 15) is 17.2 Å². The highest BCUT2D eigenvalue weighted by molar-refractivity contribution is 7.90. The molecule has 0 unspecified atom stereocenters. The summed E-state index contributed by atoms with van der Waals surface area (Å²) >= 11 is 0. The summed E-state index contributed by atoms with van der Waals surface area (Å²) in [6, 6.07) is 12.8. The SMILES string of the molecule is O=S1(=O)NC(=NCc2ncccc2F)Nc2c(Oc3ccccc3F)cccc21. The lowest BCUT2D eigenvalue weighted by molar-refractivity contribution is 0.443. The lowest BCUT2D eigenvalue weighted by Crippen LogP contribution is -2.40. The molecule has 0 spiro atoms. The van der Waals surface area contributed by atoms with Crippen molar-refractivity contribution in [1.82, 2.24) is 9.71 Å². The van der Waals surface area contributed by atoms with Crippen LogP contribution in [0.5, 0.6) is 11.5 Å². The second-order valence-corrected chi connectivity index (χ2v) is 7.64. The number of pyridine rings is 1. The van der Waals surface area contributed by atoms with Crippen molar-refractivity contribution in [3.8, 4) is 11.5 Å². The van der Waals surface area contributed by atoms with Gasteiger partial charge in [-0.25, -0.2) is 26.9 Å². The molecule has 0 radical (unpaired) electrons. The molecule has 0 amide bonds. The number of benzene rings is 2. The number of nitrogens with zero attached hydrogens (tertiary/aromatic N) is 2. The second kappa shape index (κ2) is 7.47. The minimum Gasteiger partial charge on any atom is -0.452 e. The molecule has 0 saturated heterocycles. The van der Waals surface area contributed by atoms with Crippen LogP contribution in [0.3, 0.4) is 0 Å². The molecule has 2 aromatic carbocycles. The van der Waals surface area contributed by atoms with Crippen LogP contribution in [0.1, 0.15) is 5.69 Å². The van der Waals surface area contributed by atoms with Crippen LogP contribution in [0.15, 0.2) is 70.7 Å². The summed E-state index contributed by atoms with van der Waals surface area (Å²) in [6.07, 6.45) is 1.41. The van der Waals surface area contributed by atoms with Gasteiger partial charge in [0.2, 0.25) is 5.96 Å². The summed E-state index contributed by atoms with van der Waals surface area (Å²) in [6.45, 7) is -0.191. The van der Waals surface area contributed by atoms with Crippen LogP contribution in [-0.4, -0.2) is 19.4 Å². The van der Waals surface area contributed by atoms with Crippen molar-refractivity contribution in [3.63, 3.8) is 0 Å². The number of sulfonamides is 1. The number of halogens is 2. The molecule has 1 aromatic heterocycles. The summed E-state index contributed by atoms with van der Waals surface area (Å²) in [7, 11) is -3.96. The standard InChI is InChI=1S/C19H14F2N4O3S/c20-12-6-4-10-22-14(12)11-23-19-24-18-16(28-15-7-2-1-5-13(15)21)8-3-9-17(18)29(26,27)25-19/h1-10H,11H2,(H2,23,24,25). The fourth-order valence-electron chi connectivity index (χ4n) is 2.68. The maximum Gasteiger partial charge on any atom is 0.266 e. The molecule has 148 valence electrons. The molecule has 10 heteroatoms. The zero-order chi connectivity index (χ0) is 20.4. The Hall–Kier alpha value is -3.53. The van der Waals surface area contributed by atoms with Crippen molar-refractivity contribution in [1.29, 1.82) is 0 Å². The van der Waals surface area contributed by atoms with E-state index in [1.165, 1.54) is 54.7 Å². The average molecular weight is 416 g/mol. The van der Waals surface area contributed by atoms with Crippen LogP contribution in [-0.2, 0) is 16.6 Å². The number of guanidine groups is 1. The van der Waals surface area contributed by atoms with Gasteiger partial charge in [-0.2, -0.15) is 0 Å². The predicted molar refractivity (Wildman–Crippen MR) is 102 cm³/mol. The Labute approximate surface area is 165 Å². The van der Waals surface area contributed by atoms with Gasteiger partial charge in [0.25, 0.3) is 10.0 Å². The number of para-hydroxylation sites is 2. The van der Waals surface area contributed by atoms with E-state index in [-0.39, 0.29) is 40.3 Å². The summed E-state index contributed by atoms with van der Waals surface area (Å²) in [5.41, 5.74) is 0.150.